The number of hydrogen-bond acceptors (Lipinski definition) is 7. The van der Waals surface area contributed by atoms with Crippen LogP contribution in [-0.4, -0.2) is 57.5 Å². The van der Waals surface area contributed by atoms with Crippen LogP contribution in [0.15, 0.2) is 23.1 Å². The second-order valence-corrected chi connectivity index (χ2v) is 7.09. The summed E-state index contributed by atoms with van der Waals surface area (Å²) in [6.07, 6.45) is 1.89. The van der Waals surface area contributed by atoms with Crippen LogP contribution in [0.1, 0.15) is 18.4 Å². The molecule has 1 aliphatic rings. The monoisotopic (exact) mass is 411 g/mol. The van der Waals surface area contributed by atoms with E-state index in [9.17, 15) is 14.4 Å². The first-order valence-electron chi connectivity index (χ1n) is 7.81. The summed E-state index contributed by atoms with van der Waals surface area (Å²) in [6, 6.07) is 4.75. The Hall–Kier alpha value is -2.59. The number of rotatable bonds is 9. The van der Waals surface area contributed by atoms with Gasteiger partial charge in [0.15, 0.2) is 6.61 Å². The summed E-state index contributed by atoms with van der Waals surface area (Å²) in [5.74, 6) is -1.57. The van der Waals surface area contributed by atoms with Gasteiger partial charge in [0.25, 0.3) is 5.91 Å². The number of thiocarbonyl (C=S) groups is 1. The van der Waals surface area contributed by atoms with E-state index in [0.29, 0.717) is 32.7 Å². The maximum atomic E-state index is 12.5. The number of amides is 1. The second kappa shape index (κ2) is 9.38. The quantitative estimate of drug-likeness (QED) is 0.466. The Morgan fingerprint density at radius 3 is 2.67 bits per heavy atom. The molecule has 1 amide bonds. The number of carboxylic acid groups (broad SMARTS) is 2. The van der Waals surface area contributed by atoms with Gasteiger partial charge in [-0.15, -0.1) is 0 Å². The van der Waals surface area contributed by atoms with Crippen molar-refractivity contribution in [2.45, 2.75) is 12.8 Å². The highest BCUT2D eigenvalue weighted by Gasteiger charge is 2.31. The zero-order valence-corrected chi connectivity index (χ0v) is 16.0. The van der Waals surface area contributed by atoms with Crippen LogP contribution < -0.4 is 9.47 Å². The molecule has 0 atom stereocenters. The molecule has 10 heteroatoms. The fourth-order valence-electron chi connectivity index (χ4n) is 2.27. The molecule has 0 radical (unpaired) electrons. The number of thioether (sulfide) groups is 1. The summed E-state index contributed by atoms with van der Waals surface area (Å²) >= 11 is 6.33. The van der Waals surface area contributed by atoms with Gasteiger partial charge in [-0.3, -0.25) is 14.5 Å². The Morgan fingerprint density at radius 2 is 2.04 bits per heavy atom. The molecule has 2 rings (SSSR count). The molecular weight excluding hydrogens is 394 g/mol. The molecule has 0 aromatic heterocycles. The highest BCUT2D eigenvalue weighted by atomic mass is 32.2. The molecule has 1 fully saturated rings. The highest BCUT2D eigenvalue weighted by molar-refractivity contribution is 8.26. The van der Waals surface area contributed by atoms with Crippen LogP contribution in [0, 0.1) is 0 Å². The van der Waals surface area contributed by atoms with Gasteiger partial charge in [0.05, 0.1) is 12.0 Å². The number of carbonyl (C=O) groups excluding carboxylic acids is 1. The summed E-state index contributed by atoms with van der Waals surface area (Å²) in [4.78, 5) is 35.5. The predicted octanol–water partition coefficient (Wildman–Crippen LogP) is 2.22. The molecule has 0 unspecified atom stereocenters. The normalized spacial score (nSPS) is 15.3. The summed E-state index contributed by atoms with van der Waals surface area (Å²) in [5.41, 5.74) is 0.603. The third kappa shape index (κ3) is 5.69. The molecule has 1 aromatic carbocycles. The van der Waals surface area contributed by atoms with Crippen LogP contribution in [0.5, 0.6) is 11.5 Å². The molecule has 1 heterocycles. The van der Waals surface area contributed by atoms with Gasteiger partial charge in [-0.25, -0.2) is 4.79 Å². The smallest absolute Gasteiger partial charge is 0.341 e. The van der Waals surface area contributed by atoms with E-state index in [1.807, 2.05) is 0 Å². The fourth-order valence-corrected chi connectivity index (χ4v) is 3.57. The van der Waals surface area contributed by atoms with Crippen LogP contribution >= 0.6 is 24.0 Å². The summed E-state index contributed by atoms with van der Waals surface area (Å²) in [6.45, 7) is -0.231. The van der Waals surface area contributed by atoms with E-state index < -0.39 is 18.5 Å². The number of carboxylic acids is 2. The Kier molecular flexibility index (Phi) is 7.19. The Morgan fingerprint density at radius 1 is 1.30 bits per heavy atom. The van der Waals surface area contributed by atoms with Gasteiger partial charge in [-0.2, -0.15) is 0 Å². The first-order valence-corrected chi connectivity index (χ1v) is 9.04. The van der Waals surface area contributed by atoms with E-state index in [1.54, 1.807) is 18.2 Å². The van der Waals surface area contributed by atoms with Crippen molar-refractivity contribution in [1.82, 2.24) is 4.90 Å². The molecule has 0 aliphatic carbocycles. The number of hydrogen-bond donors (Lipinski definition) is 2. The van der Waals surface area contributed by atoms with Gasteiger partial charge >= 0.3 is 11.9 Å². The maximum Gasteiger partial charge on any atom is 0.341 e. The van der Waals surface area contributed by atoms with Crippen molar-refractivity contribution >= 4 is 52.2 Å². The Balaban J connectivity index is 2.15. The zero-order valence-electron chi connectivity index (χ0n) is 14.3. The maximum absolute atomic E-state index is 12.5. The van der Waals surface area contributed by atoms with Gasteiger partial charge in [0.1, 0.15) is 15.8 Å². The number of methoxy groups -OCH3 is 1. The summed E-state index contributed by atoms with van der Waals surface area (Å²) in [5, 5.41) is 17.4. The minimum atomic E-state index is -1.09. The Labute approximate surface area is 164 Å². The first-order chi connectivity index (χ1) is 12.8. The minimum absolute atomic E-state index is 0.0399. The van der Waals surface area contributed by atoms with Gasteiger partial charge in [-0.1, -0.05) is 24.0 Å². The average molecular weight is 411 g/mol. The molecule has 1 aliphatic heterocycles. The fraction of sp³-hybridized carbons (Fsp3) is 0.294. The van der Waals surface area contributed by atoms with Gasteiger partial charge in [0.2, 0.25) is 0 Å². The number of aliphatic carboxylic acids is 2. The Bertz CT molecular complexity index is 806. The number of nitrogens with zero attached hydrogens (tertiary/aromatic N) is 1. The number of ether oxygens (including phenoxy) is 2. The molecule has 144 valence electrons. The molecule has 27 heavy (non-hydrogen) atoms. The van der Waals surface area contributed by atoms with E-state index in [-0.39, 0.29) is 18.9 Å². The van der Waals surface area contributed by atoms with E-state index in [0.717, 1.165) is 11.8 Å². The lowest BCUT2D eigenvalue weighted by Gasteiger charge is -2.13. The lowest BCUT2D eigenvalue weighted by atomic mass is 10.1. The molecule has 1 saturated heterocycles. The lowest BCUT2D eigenvalue weighted by molar-refractivity contribution is -0.139. The first kappa shape index (κ1) is 20.7. The van der Waals surface area contributed by atoms with Crippen molar-refractivity contribution in [1.29, 1.82) is 0 Å². The topological polar surface area (TPSA) is 113 Å². The molecule has 1 aromatic rings. The van der Waals surface area contributed by atoms with Crippen LogP contribution in [0.4, 0.5) is 0 Å². The van der Waals surface area contributed by atoms with Gasteiger partial charge in [0, 0.05) is 24.6 Å². The standard InChI is InChI=1S/C17H17NO7S2/c1-24-12-8-11(25-9-15(21)22)5-4-10(12)7-13-16(23)18(17(26)27-13)6-2-3-14(19)20/h4-5,7-8H,2-3,6,9H2,1H3,(H,19,20)(H,21,22). The van der Waals surface area contributed by atoms with Crippen molar-refractivity contribution in [2.75, 3.05) is 20.3 Å². The van der Waals surface area contributed by atoms with E-state index in [4.69, 9.17) is 31.9 Å². The predicted molar refractivity (Wildman–Crippen MR) is 103 cm³/mol. The van der Waals surface area contributed by atoms with Crippen LogP contribution in [0.3, 0.4) is 0 Å². The largest absolute Gasteiger partial charge is 0.496 e. The zero-order chi connectivity index (χ0) is 20.0. The van der Waals surface area contributed by atoms with Crippen molar-refractivity contribution in [2.24, 2.45) is 0 Å². The number of benzene rings is 1. The van der Waals surface area contributed by atoms with Crippen molar-refractivity contribution < 1.29 is 34.1 Å². The molecular formula is C17H17NO7S2. The average Bonchev–Trinajstić information content (AvgIpc) is 2.87. The third-order valence-electron chi connectivity index (χ3n) is 3.50. The van der Waals surface area contributed by atoms with E-state index in [2.05, 4.69) is 0 Å². The SMILES string of the molecule is COc1cc(OCC(=O)O)ccc1C=C1SC(=S)N(CCCC(=O)O)C1=O. The summed E-state index contributed by atoms with van der Waals surface area (Å²) in [7, 11) is 1.45. The van der Waals surface area contributed by atoms with Gasteiger partial charge in [-0.05, 0) is 24.6 Å². The third-order valence-corrected chi connectivity index (χ3v) is 4.88. The minimum Gasteiger partial charge on any atom is -0.496 e. The van der Waals surface area contributed by atoms with Crippen LogP contribution in [-0.2, 0) is 14.4 Å². The second-order valence-electron chi connectivity index (χ2n) is 5.42. The summed E-state index contributed by atoms with van der Waals surface area (Å²) < 4.78 is 10.8. The van der Waals surface area contributed by atoms with E-state index in [1.165, 1.54) is 18.1 Å². The lowest BCUT2D eigenvalue weighted by Crippen LogP contribution is -2.29. The van der Waals surface area contributed by atoms with Crippen molar-refractivity contribution in [3.05, 3.63) is 28.7 Å². The molecule has 0 bridgehead atoms. The van der Waals surface area contributed by atoms with Crippen LogP contribution in [0.2, 0.25) is 0 Å². The highest BCUT2D eigenvalue weighted by Crippen LogP contribution is 2.35. The molecule has 8 nitrogen and oxygen atoms in total. The van der Waals surface area contributed by atoms with Crippen LogP contribution in [0.25, 0.3) is 6.08 Å². The number of carbonyl (C=O) groups is 3. The molecule has 2 N–H and O–H groups in total. The van der Waals surface area contributed by atoms with Crippen molar-refractivity contribution in [3.8, 4) is 11.5 Å². The van der Waals surface area contributed by atoms with Crippen molar-refractivity contribution in [3.63, 3.8) is 0 Å². The molecule has 0 spiro atoms. The van der Waals surface area contributed by atoms with E-state index >= 15 is 0 Å². The van der Waals surface area contributed by atoms with Gasteiger partial charge < -0.3 is 19.7 Å². The molecule has 0 saturated carbocycles.